The molecule has 0 aromatic heterocycles. The van der Waals surface area contributed by atoms with Gasteiger partial charge in [-0.2, -0.15) is 0 Å². The fourth-order valence-electron chi connectivity index (χ4n) is 1.29. The normalized spacial score (nSPS) is 10.1. The number of hydrogen-bond donors (Lipinski definition) is 0. The van der Waals surface area contributed by atoms with Crippen LogP contribution < -0.4 is 0 Å². The molecule has 0 spiro atoms. The Bertz CT molecular complexity index is 400. The van der Waals surface area contributed by atoms with E-state index in [0.717, 1.165) is 0 Å². The smallest absolute Gasteiger partial charge is 0.166 e. The molecular formula is C11H8F4. The monoisotopic (exact) mass is 216 g/mol. The van der Waals surface area contributed by atoms with Crippen LogP contribution in [-0.4, -0.2) is 0 Å². The van der Waals surface area contributed by atoms with Crippen LogP contribution in [0, 0.1) is 35.6 Å². The highest BCUT2D eigenvalue weighted by molar-refractivity contribution is 5.31. The topological polar surface area (TPSA) is 0 Å². The molecule has 1 aromatic carbocycles. The Morgan fingerprint density at radius 2 is 1.33 bits per heavy atom. The molecule has 15 heavy (non-hydrogen) atoms. The highest BCUT2D eigenvalue weighted by Gasteiger charge is 2.23. The minimum atomic E-state index is -1.40. The number of hydrogen-bond acceptors (Lipinski definition) is 0. The zero-order valence-corrected chi connectivity index (χ0v) is 8.00. The van der Waals surface area contributed by atoms with Crippen molar-refractivity contribution in [3.63, 3.8) is 0 Å². The van der Waals surface area contributed by atoms with Crippen LogP contribution in [0.2, 0.25) is 0 Å². The molecule has 1 rings (SSSR count). The minimum Gasteiger partial charge on any atom is -0.203 e. The van der Waals surface area contributed by atoms with Crippen LogP contribution in [0.4, 0.5) is 17.6 Å². The minimum absolute atomic E-state index is 0.123. The molecule has 0 saturated carbocycles. The van der Waals surface area contributed by atoms with Crippen molar-refractivity contribution in [3.8, 4) is 12.3 Å². The van der Waals surface area contributed by atoms with Crippen LogP contribution in [0.3, 0.4) is 0 Å². The lowest BCUT2D eigenvalue weighted by Gasteiger charge is -2.08. The quantitative estimate of drug-likeness (QED) is 0.405. The van der Waals surface area contributed by atoms with Gasteiger partial charge in [-0.05, 0) is 6.42 Å². The van der Waals surface area contributed by atoms with Gasteiger partial charge < -0.3 is 0 Å². The van der Waals surface area contributed by atoms with Gasteiger partial charge in [-0.25, -0.2) is 17.6 Å². The Morgan fingerprint density at radius 1 is 0.933 bits per heavy atom. The molecule has 0 aliphatic carbocycles. The number of halogens is 4. The van der Waals surface area contributed by atoms with Crippen molar-refractivity contribution in [2.24, 2.45) is 0 Å². The van der Waals surface area contributed by atoms with Crippen LogP contribution in [-0.2, 0) is 12.8 Å². The van der Waals surface area contributed by atoms with Gasteiger partial charge in [0.25, 0.3) is 0 Å². The molecule has 0 radical (unpaired) electrons. The van der Waals surface area contributed by atoms with E-state index in [9.17, 15) is 17.6 Å². The Morgan fingerprint density at radius 3 is 1.67 bits per heavy atom. The molecule has 0 fully saturated rings. The maximum Gasteiger partial charge on any atom is 0.166 e. The van der Waals surface area contributed by atoms with E-state index in [1.54, 1.807) is 0 Å². The number of rotatable bonds is 2. The summed E-state index contributed by atoms with van der Waals surface area (Å²) in [6.45, 7) is 1.40. The van der Waals surface area contributed by atoms with E-state index in [1.807, 2.05) is 5.92 Å². The molecule has 0 heterocycles. The summed E-state index contributed by atoms with van der Waals surface area (Å²) >= 11 is 0. The van der Waals surface area contributed by atoms with E-state index in [0.29, 0.717) is 0 Å². The zero-order chi connectivity index (χ0) is 11.6. The first kappa shape index (κ1) is 11.6. The van der Waals surface area contributed by atoms with Crippen LogP contribution >= 0.6 is 0 Å². The molecule has 80 valence electrons. The second-order valence-corrected chi connectivity index (χ2v) is 2.95. The summed E-state index contributed by atoms with van der Waals surface area (Å²) in [5.74, 6) is -3.57. The first-order valence-electron chi connectivity index (χ1n) is 4.31. The molecule has 0 nitrogen and oxygen atoms in total. The van der Waals surface area contributed by atoms with Gasteiger partial charge in [0, 0.05) is 17.5 Å². The summed E-state index contributed by atoms with van der Waals surface area (Å²) in [6.07, 6.45) is 4.24. The van der Waals surface area contributed by atoms with E-state index in [4.69, 9.17) is 6.42 Å². The van der Waals surface area contributed by atoms with Gasteiger partial charge in [0.05, 0.1) is 0 Å². The van der Waals surface area contributed by atoms with Crippen molar-refractivity contribution in [2.75, 3.05) is 0 Å². The van der Waals surface area contributed by atoms with Crippen molar-refractivity contribution in [1.82, 2.24) is 0 Å². The summed E-state index contributed by atoms with van der Waals surface area (Å²) in [5, 5.41) is 0. The van der Waals surface area contributed by atoms with E-state index in [2.05, 4.69) is 0 Å². The van der Waals surface area contributed by atoms with Crippen LogP contribution in [0.1, 0.15) is 18.1 Å². The SMILES string of the molecule is C#CCc1c(F)c(F)c(CC)c(F)c1F. The van der Waals surface area contributed by atoms with Crippen molar-refractivity contribution in [3.05, 3.63) is 34.4 Å². The molecule has 0 saturated heterocycles. The van der Waals surface area contributed by atoms with Gasteiger partial charge in [0.15, 0.2) is 23.3 Å². The predicted octanol–water partition coefficient (Wildman–Crippen LogP) is 2.98. The van der Waals surface area contributed by atoms with Gasteiger partial charge >= 0.3 is 0 Å². The largest absolute Gasteiger partial charge is 0.203 e. The predicted molar refractivity (Wildman–Crippen MR) is 48.2 cm³/mol. The van der Waals surface area contributed by atoms with Crippen molar-refractivity contribution in [2.45, 2.75) is 19.8 Å². The lowest BCUT2D eigenvalue weighted by Crippen LogP contribution is -2.07. The molecule has 0 unspecified atom stereocenters. The van der Waals surface area contributed by atoms with E-state index in [1.165, 1.54) is 6.92 Å². The second kappa shape index (κ2) is 4.35. The highest BCUT2D eigenvalue weighted by atomic mass is 19.2. The molecular weight excluding hydrogens is 208 g/mol. The molecule has 0 amide bonds. The Balaban J connectivity index is 3.53. The Kier molecular flexibility index (Phi) is 3.35. The van der Waals surface area contributed by atoms with Crippen molar-refractivity contribution < 1.29 is 17.6 Å². The van der Waals surface area contributed by atoms with E-state index < -0.39 is 40.8 Å². The summed E-state index contributed by atoms with van der Waals surface area (Å²) in [4.78, 5) is 0. The van der Waals surface area contributed by atoms with Crippen LogP contribution in [0.5, 0.6) is 0 Å². The third-order valence-corrected chi connectivity index (χ3v) is 2.08. The molecule has 0 aliphatic rings. The Labute approximate surface area is 84.9 Å². The van der Waals surface area contributed by atoms with Gasteiger partial charge in [0.2, 0.25) is 0 Å². The average Bonchev–Trinajstić information content (AvgIpc) is 2.23. The first-order valence-corrected chi connectivity index (χ1v) is 4.31. The number of terminal acetylenes is 1. The third-order valence-electron chi connectivity index (χ3n) is 2.08. The molecule has 0 bridgehead atoms. The second-order valence-electron chi connectivity index (χ2n) is 2.95. The lowest BCUT2D eigenvalue weighted by atomic mass is 10.0. The van der Waals surface area contributed by atoms with E-state index >= 15 is 0 Å². The van der Waals surface area contributed by atoms with Crippen LogP contribution in [0.15, 0.2) is 0 Å². The van der Waals surface area contributed by atoms with Gasteiger partial charge in [-0.3, -0.25) is 0 Å². The summed E-state index contributed by atoms with van der Waals surface area (Å²) in [7, 11) is 0. The molecule has 0 atom stereocenters. The summed E-state index contributed by atoms with van der Waals surface area (Å²) in [5.41, 5.74) is -1.32. The highest BCUT2D eigenvalue weighted by Crippen LogP contribution is 2.24. The zero-order valence-electron chi connectivity index (χ0n) is 8.00. The molecule has 0 N–H and O–H groups in total. The van der Waals surface area contributed by atoms with E-state index in [-0.39, 0.29) is 6.42 Å². The Hall–Kier alpha value is -1.50. The fraction of sp³-hybridized carbons (Fsp3) is 0.273. The molecule has 4 heteroatoms. The van der Waals surface area contributed by atoms with Gasteiger partial charge in [-0.1, -0.05) is 6.92 Å². The molecule has 1 aromatic rings. The maximum absolute atomic E-state index is 13.2. The maximum atomic E-state index is 13.2. The van der Waals surface area contributed by atoms with Gasteiger partial charge in [-0.15, -0.1) is 12.3 Å². The fourth-order valence-corrected chi connectivity index (χ4v) is 1.29. The third kappa shape index (κ3) is 1.82. The summed E-state index contributed by atoms with van der Waals surface area (Å²) in [6, 6.07) is 0. The number of benzene rings is 1. The van der Waals surface area contributed by atoms with Crippen LogP contribution in [0.25, 0.3) is 0 Å². The van der Waals surface area contributed by atoms with Gasteiger partial charge in [0.1, 0.15) is 0 Å². The standard InChI is InChI=1S/C11H8F4/c1-3-5-7-10(14)8(12)6(4-2)9(13)11(7)15/h1H,4-5H2,2H3. The van der Waals surface area contributed by atoms with Crippen molar-refractivity contribution in [1.29, 1.82) is 0 Å². The van der Waals surface area contributed by atoms with Crippen molar-refractivity contribution >= 4 is 0 Å². The molecule has 0 aliphatic heterocycles. The average molecular weight is 216 g/mol. The first-order chi connectivity index (χ1) is 7.04. The lowest BCUT2D eigenvalue weighted by molar-refractivity contribution is 0.430. The summed E-state index contributed by atoms with van der Waals surface area (Å²) < 4.78 is 52.8.